The maximum absolute atomic E-state index is 12.4. The molecule has 0 aromatic heterocycles. The van der Waals surface area contributed by atoms with Gasteiger partial charge < -0.3 is 16.8 Å². The standard InChI is InChI=1S/C13H18F3N5/c1-12(2,3)21-11(18)20-10(17)19-9-6-4-8(5-7-9)13(14,15)16/h4-7H,1-3H3,(H5,17,18,19,20,21). The van der Waals surface area contributed by atoms with Crippen molar-refractivity contribution in [2.45, 2.75) is 32.5 Å². The number of nitrogens with zero attached hydrogens (tertiary/aromatic N) is 2. The van der Waals surface area contributed by atoms with E-state index in [-0.39, 0.29) is 11.9 Å². The number of benzene rings is 1. The molecule has 5 N–H and O–H groups in total. The molecule has 0 spiro atoms. The summed E-state index contributed by atoms with van der Waals surface area (Å²) in [6.07, 6.45) is -4.37. The predicted molar refractivity (Wildman–Crippen MR) is 78.1 cm³/mol. The van der Waals surface area contributed by atoms with Crippen LogP contribution in [0.15, 0.2) is 34.3 Å². The minimum absolute atomic E-state index is 0.0144. The lowest BCUT2D eigenvalue weighted by atomic mass is 10.1. The van der Waals surface area contributed by atoms with Crippen molar-refractivity contribution in [1.82, 2.24) is 0 Å². The number of hydrogen-bond acceptors (Lipinski definition) is 1. The van der Waals surface area contributed by atoms with Gasteiger partial charge in [-0.2, -0.15) is 18.2 Å². The highest BCUT2D eigenvalue weighted by molar-refractivity contribution is 6.00. The third-order valence-electron chi connectivity index (χ3n) is 2.17. The van der Waals surface area contributed by atoms with E-state index in [4.69, 9.17) is 11.5 Å². The van der Waals surface area contributed by atoms with E-state index in [0.29, 0.717) is 5.69 Å². The molecule has 0 unspecified atom stereocenters. The monoisotopic (exact) mass is 301 g/mol. The number of rotatable bonds is 1. The number of hydrogen-bond donors (Lipinski definition) is 3. The Bertz CT molecular complexity index is 538. The van der Waals surface area contributed by atoms with Gasteiger partial charge in [0, 0.05) is 5.69 Å². The van der Waals surface area contributed by atoms with Crippen molar-refractivity contribution < 1.29 is 13.2 Å². The molecule has 0 radical (unpaired) electrons. The van der Waals surface area contributed by atoms with Crippen LogP contribution in [-0.4, -0.2) is 17.5 Å². The third-order valence-corrected chi connectivity index (χ3v) is 2.17. The first kappa shape index (κ1) is 16.8. The van der Waals surface area contributed by atoms with Gasteiger partial charge in [-0.1, -0.05) is 0 Å². The number of halogens is 3. The normalized spacial score (nSPS) is 14.2. The van der Waals surface area contributed by atoms with E-state index in [0.717, 1.165) is 12.1 Å². The van der Waals surface area contributed by atoms with Gasteiger partial charge in [-0.15, -0.1) is 0 Å². The zero-order chi connectivity index (χ0) is 16.3. The second kappa shape index (κ2) is 6.02. The number of nitrogens with one attached hydrogen (secondary N) is 1. The molecule has 0 aliphatic carbocycles. The van der Waals surface area contributed by atoms with Crippen LogP contribution < -0.4 is 16.8 Å². The largest absolute Gasteiger partial charge is 0.416 e. The van der Waals surface area contributed by atoms with Gasteiger partial charge >= 0.3 is 6.18 Å². The quantitative estimate of drug-likeness (QED) is 0.550. The molecule has 1 aromatic carbocycles. The smallest absolute Gasteiger partial charge is 0.369 e. The molecule has 0 amide bonds. The molecule has 0 aliphatic heterocycles. The van der Waals surface area contributed by atoms with Gasteiger partial charge in [0.05, 0.1) is 11.1 Å². The van der Waals surface area contributed by atoms with Crippen molar-refractivity contribution in [3.8, 4) is 0 Å². The fourth-order valence-corrected chi connectivity index (χ4v) is 1.41. The van der Waals surface area contributed by atoms with Crippen LogP contribution in [0.5, 0.6) is 0 Å². The second-order valence-corrected chi connectivity index (χ2v) is 5.34. The van der Waals surface area contributed by atoms with E-state index in [2.05, 4.69) is 15.3 Å². The van der Waals surface area contributed by atoms with Gasteiger partial charge in [0.2, 0.25) is 11.9 Å². The average Bonchev–Trinajstić information content (AvgIpc) is 2.25. The van der Waals surface area contributed by atoms with E-state index in [9.17, 15) is 13.2 Å². The predicted octanol–water partition coefficient (Wildman–Crippen LogP) is 2.55. The Hall–Kier alpha value is -2.25. The molecule has 0 heterocycles. The van der Waals surface area contributed by atoms with Gasteiger partial charge in [0.25, 0.3) is 0 Å². The van der Waals surface area contributed by atoms with E-state index in [1.807, 2.05) is 20.8 Å². The summed E-state index contributed by atoms with van der Waals surface area (Å²) < 4.78 is 37.2. The minimum atomic E-state index is -4.37. The summed E-state index contributed by atoms with van der Waals surface area (Å²) in [6, 6.07) is 4.40. The maximum atomic E-state index is 12.4. The first-order valence-corrected chi connectivity index (χ1v) is 6.11. The fourth-order valence-electron chi connectivity index (χ4n) is 1.41. The Morgan fingerprint density at radius 2 is 1.57 bits per heavy atom. The lowest BCUT2D eigenvalue weighted by Crippen LogP contribution is -2.27. The molecule has 0 saturated carbocycles. The van der Waals surface area contributed by atoms with E-state index in [1.165, 1.54) is 12.1 Å². The zero-order valence-corrected chi connectivity index (χ0v) is 12.0. The molecular weight excluding hydrogens is 283 g/mol. The maximum Gasteiger partial charge on any atom is 0.416 e. The molecule has 116 valence electrons. The van der Waals surface area contributed by atoms with Crippen molar-refractivity contribution in [3.63, 3.8) is 0 Å². The molecule has 0 aliphatic rings. The Balaban J connectivity index is 2.80. The highest BCUT2D eigenvalue weighted by atomic mass is 19.4. The molecule has 1 rings (SSSR count). The van der Waals surface area contributed by atoms with Crippen LogP contribution in [0.25, 0.3) is 0 Å². The fraction of sp³-hybridized carbons (Fsp3) is 0.385. The summed E-state index contributed by atoms with van der Waals surface area (Å²) in [5.74, 6) is -0.0697. The topological polar surface area (TPSA) is 88.8 Å². The van der Waals surface area contributed by atoms with Crippen molar-refractivity contribution in [2.75, 3.05) is 5.32 Å². The Morgan fingerprint density at radius 3 is 2.00 bits per heavy atom. The number of nitrogens with two attached hydrogens (primary N) is 2. The van der Waals surface area contributed by atoms with Gasteiger partial charge in [-0.3, -0.25) is 0 Å². The lowest BCUT2D eigenvalue weighted by Gasteiger charge is -2.12. The molecule has 0 bridgehead atoms. The van der Waals surface area contributed by atoms with E-state index in [1.54, 1.807) is 0 Å². The van der Waals surface area contributed by atoms with Crippen LogP contribution in [0, 0.1) is 0 Å². The van der Waals surface area contributed by atoms with Crippen LogP contribution in [-0.2, 0) is 6.18 Å². The molecule has 8 heteroatoms. The molecular formula is C13H18F3N5. The highest BCUT2D eigenvalue weighted by Gasteiger charge is 2.29. The summed E-state index contributed by atoms with van der Waals surface area (Å²) >= 11 is 0. The summed E-state index contributed by atoms with van der Waals surface area (Å²) in [7, 11) is 0. The van der Waals surface area contributed by atoms with Crippen molar-refractivity contribution in [3.05, 3.63) is 29.8 Å². The van der Waals surface area contributed by atoms with Gasteiger partial charge in [-0.05, 0) is 45.0 Å². The van der Waals surface area contributed by atoms with Crippen LogP contribution in [0.1, 0.15) is 26.3 Å². The molecule has 0 saturated heterocycles. The van der Waals surface area contributed by atoms with E-state index < -0.39 is 17.3 Å². The second-order valence-electron chi connectivity index (χ2n) is 5.34. The van der Waals surface area contributed by atoms with Crippen molar-refractivity contribution >= 4 is 17.6 Å². The van der Waals surface area contributed by atoms with Crippen molar-refractivity contribution in [2.24, 2.45) is 21.5 Å². The summed E-state index contributed by atoms with van der Waals surface area (Å²) in [6.45, 7) is 5.53. The first-order chi connectivity index (χ1) is 9.47. The molecule has 0 atom stereocenters. The molecule has 0 fully saturated rings. The first-order valence-electron chi connectivity index (χ1n) is 6.11. The number of anilines is 1. The number of aliphatic imine (C=N–C) groups is 2. The highest BCUT2D eigenvalue weighted by Crippen LogP contribution is 2.29. The SMILES string of the molecule is CC(C)(C)N=C(N)/N=C(\N)Nc1ccc(C(F)(F)F)cc1. The Labute approximate surface area is 121 Å². The van der Waals surface area contributed by atoms with Gasteiger partial charge in [-0.25, -0.2) is 4.99 Å². The van der Waals surface area contributed by atoms with Crippen LogP contribution in [0.4, 0.5) is 18.9 Å². The zero-order valence-electron chi connectivity index (χ0n) is 12.0. The summed E-state index contributed by atoms with van der Waals surface area (Å²) in [4.78, 5) is 7.89. The van der Waals surface area contributed by atoms with Gasteiger partial charge in [0.1, 0.15) is 0 Å². The third kappa shape index (κ3) is 6.15. The Kier molecular flexibility index (Phi) is 4.82. The van der Waals surface area contributed by atoms with Crippen LogP contribution in [0.3, 0.4) is 0 Å². The van der Waals surface area contributed by atoms with Crippen LogP contribution >= 0.6 is 0 Å². The lowest BCUT2D eigenvalue weighted by molar-refractivity contribution is -0.137. The Morgan fingerprint density at radius 1 is 1.05 bits per heavy atom. The van der Waals surface area contributed by atoms with Crippen molar-refractivity contribution in [1.29, 1.82) is 0 Å². The van der Waals surface area contributed by atoms with Crippen LogP contribution in [0.2, 0.25) is 0 Å². The molecule has 21 heavy (non-hydrogen) atoms. The summed E-state index contributed by atoms with van der Waals surface area (Å²) in [5.41, 5.74) is 10.4. The number of guanidine groups is 2. The molecule has 1 aromatic rings. The van der Waals surface area contributed by atoms with Gasteiger partial charge in [0.15, 0.2) is 0 Å². The summed E-state index contributed by atoms with van der Waals surface area (Å²) in [5, 5.41) is 2.64. The minimum Gasteiger partial charge on any atom is -0.369 e. The average molecular weight is 301 g/mol. The number of alkyl halides is 3. The van der Waals surface area contributed by atoms with E-state index >= 15 is 0 Å². The molecule has 5 nitrogen and oxygen atoms in total.